The first kappa shape index (κ1) is 16.9. The molecule has 1 aromatic rings. The average Bonchev–Trinajstić information content (AvgIpc) is 2.83. The van der Waals surface area contributed by atoms with Crippen molar-refractivity contribution in [1.29, 1.82) is 0 Å². The molecule has 4 nitrogen and oxygen atoms in total. The van der Waals surface area contributed by atoms with Gasteiger partial charge in [0, 0.05) is 7.05 Å². The molecule has 1 fully saturated rings. The van der Waals surface area contributed by atoms with E-state index in [4.69, 9.17) is 0 Å². The number of rotatable bonds is 7. The van der Waals surface area contributed by atoms with Gasteiger partial charge in [-0.05, 0) is 47.2 Å². The van der Waals surface area contributed by atoms with Gasteiger partial charge in [0.15, 0.2) is 4.60 Å². The number of aryl methyl sites for hydroxylation is 1. The number of unbranched alkanes of at least 4 members (excludes halogenated alkanes) is 1. The Kier molecular flexibility index (Phi) is 6.68. The van der Waals surface area contributed by atoms with Crippen LogP contribution in [-0.4, -0.2) is 21.5 Å². The van der Waals surface area contributed by atoms with Crippen molar-refractivity contribution >= 4 is 15.9 Å². The Labute approximate surface area is 137 Å². The summed E-state index contributed by atoms with van der Waals surface area (Å²) in [6, 6.07) is 0.372. The molecule has 0 radical (unpaired) electrons. The lowest BCUT2D eigenvalue weighted by molar-refractivity contribution is 0.209. The van der Waals surface area contributed by atoms with Gasteiger partial charge in [-0.3, -0.25) is 0 Å². The summed E-state index contributed by atoms with van der Waals surface area (Å²) in [5, 5.41) is 12.0. The van der Waals surface area contributed by atoms with Gasteiger partial charge in [0.1, 0.15) is 0 Å². The molecular formula is C16H29BrN4. The van der Waals surface area contributed by atoms with E-state index in [9.17, 15) is 0 Å². The van der Waals surface area contributed by atoms with Crippen LogP contribution in [0.25, 0.3) is 0 Å². The highest BCUT2D eigenvalue weighted by molar-refractivity contribution is 9.10. The fourth-order valence-corrected chi connectivity index (χ4v) is 4.25. The first-order valence-electron chi connectivity index (χ1n) is 8.45. The number of nitrogens with one attached hydrogen (secondary N) is 1. The lowest BCUT2D eigenvalue weighted by Gasteiger charge is -2.34. The zero-order valence-electron chi connectivity index (χ0n) is 13.6. The van der Waals surface area contributed by atoms with Crippen LogP contribution in [-0.2, 0) is 7.05 Å². The molecule has 1 aliphatic rings. The van der Waals surface area contributed by atoms with E-state index in [0.29, 0.717) is 12.0 Å². The molecule has 1 N–H and O–H groups in total. The molecule has 1 aromatic heterocycles. The second kappa shape index (κ2) is 8.28. The minimum absolute atomic E-state index is 0.372. The van der Waals surface area contributed by atoms with Crippen molar-refractivity contribution in [3.63, 3.8) is 0 Å². The minimum Gasteiger partial charge on any atom is -0.309 e. The van der Waals surface area contributed by atoms with Crippen LogP contribution in [0.4, 0.5) is 0 Å². The van der Waals surface area contributed by atoms with E-state index in [-0.39, 0.29) is 0 Å². The van der Waals surface area contributed by atoms with Crippen molar-refractivity contribution in [3.05, 3.63) is 10.3 Å². The van der Waals surface area contributed by atoms with Gasteiger partial charge in [-0.1, -0.05) is 51.2 Å². The summed E-state index contributed by atoms with van der Waals surface area (Å²) >= 11 is 3.57. The van der Waals surface area contributed by atoms with Crippen LogP contribution >= 0.6 is 15.9 Å². The topological polar surface area (TPSA) is 42.7 Å². The van der Waals surface area contributed by atoms with Crippen LogP contribution in [0, 0.1) is 11.8 Å². The van der Waals surface area contributed by atoms with Gasteiger partial charge >= 0.3 is 0 Å². The molecule has 21 heavy (non-hydrogen) atoms. The third-order valence-electron chi connectivity index (χ3n) is 4.87. The highest BCUT2D eigenvalue weighted by atomic mass is 79.9. The zero-order chi connectivity index (χ0) is 15.2. The Balaban J connectivity index is 2.01. The maximum atomic E-state index is 4.16. The number of aromatic nitrogens is 3. The zero-order valence-corrected chi connectivity index (χ0v) is 15.2. The first-order chi connectivity index (χ1) is 10.2. The van der Waals surface area contributed by atoms with Crippen molar-refractivity contribution < 1.29 is 0 Å². The largest absolute Gasteiger partial charge is 0.309 e. The van der Waals surface area contributed by atoms with Gasteiger partial charge < -0.3 is 5.32 Å². The molecule has 0 bridgehead atoms. The van der Waals surface area contributed by atoms with E-state index in [1.165, 1.54) is 50.6 Å². The molecule has 0 amide bonds. The highest BCUT2D eigenvalue weighted by Gasteiger charge is 2.31. The monoisotopic (exact) mass is 356 g/mol. The second-order valence-corrected chi connectivity index (χ2v) is 7.10. The Morgan fingerprint density at radius 1 is 1.29 bits per heavy atom. The van der Waals surface area contributed by atoms with E-state index in [2.05, 4.69) is 45.4 Å². The fourth-order valence-electron chi connectivity index (χ4n) is 3.68. The quantitative estimate of drug-likeness (QED) is 0.794. The molecule has 2 rings (SSSR count). The molecule has 1 saturated carbocycles. The van der Waals surface area contributed by atoms with Crippen molar-refractivity contribution in [3.8, 4) is 0 Å². The molecule has 1 heterocycles. The van der Waals surface area contributed by atoms with Crippen LogP contribution in [0.1, 0.15) is 70.5 Å². The molecule has 0 aliphatic heterocycles. The molecule has 0 saturated heterocycles. The summed E-state index contributed by atoms with van der Waals surface area (Å²) in [7, 11) is 1.99. The Bertz CT molecular complexity index is 404. The summed E-state index contributed by atoms with van der Waals surface area (Å²) in [6.45, 7) is 5.45. The van der Waals surface area contributed by atoms with E-state index < -0.39 is 0 Å². The maximum absolute atomic E-state index is 4.16. The van der Waals surface area contributed by atoms with Gasteiger partial charge in [-0.25, -0.2) is 4.68 Å². The standard InChI is InChI=1S/C16H29BrN4/c1-4-6-7-12-8-10-13(11-9-12)14(18-5-2)15-16(17)19-20-21(15)3/h12-14,18H,4-11H2,1-3H3. The van der Waals surface area contributed by atoms with Crippen molar-refractivity contribution in [1.82, 2.24) is 20.3 Å². The van der Waals surface area contributed by atoms with Gasteiger partial charge in [-0.15, -0.1) is 5.10 Å². The lowest BCUT2D eigenvalue weighted by Crippen LogP contribution is -2.32. The normalized spacial score (nSPS) is 24.2. The Hall–Kier alpha value is -0.420. The molecule has 1 unspecified atom stereocenters. The molecule has 5 heteroatoms. The molecule has 0 aromatic carbocycles. The number of hydrogen-bond donors (Lipinski definition) is 1. The van der Waals surface area contributed by atoms with Gasteiger partial charge in [0.2, 0.25) is 0 Å². The lowest BCUT2D eigenvalue weighted by atomic mass is 9.76. The third kappa shape index (κ3) is 4.28. The predicted octanol–water partition coefficient (Wildman–Crippen LogP) is 4.22. The van der Waals surface area contributed by atoms with Crippen molar-refractivity contribution in [2.24, 2.45) is 18.9 Å². The van der Waals surface area contributed by atoms with Crippen molar-refractivity contribution in [2.45, 2.75) is 64.8 Å². The van der Waals surface area contributed by atoms with Crippen LogP contribution in [0.3, 0.4) is 0 Å². The molecular weight excluding hydrogens is 328 g/mol. The Morgan fingerprint density at radius 3 is 2.52 bits per heavy atom. The van der Waals surface area contributed by atoms with E-state index in [1.807, 2.05) is 11.7 Å². The van der Waals surface area contributed by atoms with Crippen LogP contribution in [0.5, 0.6) is 0 Å². The number of nitrogens with zero attached hydrogens (tertiary/aromatic N) is 3. The first-order valence-corrected chi connectivity index (χ1v) is 9.25. The van der Waals surface area contributed by atoms with Gasteiger partial charge in [0.05, 0.1) is 11.7 Å². The van der Waals surface area contributed by atoms with E-state index >= 15 is 0 Å². The van der Waals surface area contributed by atoms with E-state index in [0.717, 1.165) is 17.1 Å². The SMILES string of the molecule is CCCCC1CCC(C(NCC)c2c(Br)nnn2C)CC1. The smallest absolute Gasteiger partial charge is 0.153 e. The van der Waals surface area contributed by atoms with Crippen LogP contribution in [0.15, 0.2) is 4.60 Å². The molecule has 120 valence electrons. The third-order valence-corrected chi connectivity index (χ3v) is 5.44. The fraction of sp³-hybridized carbons (Fsp3) is 0.875. The summed E-state index contributed by atoms with van der Waals surface area (Å²) in [5.41, 5.74) is 1.20. The molecule has 0 spiro atoms. The molecule has 1 aliphatic carbocycles. The van der Waals surface area contributed by atoms with Crippen molar-refractivity contribution in [2.75, 3.05) is 6.54 Å². The highest BCUT2D eigenvalue weighted by Crippen LogP contribution is 2.39. The van der Waals surface area contributed by atoms with Crippen LogP contribution < -0.4 is 5.32 Å². The number of hydrogen-bond acceptors (Lipinski definition) is 3. The molecule has 1 atom stereocenters. The maximum Gasteiger partial charge on any atom is 0.153 e. The van der Waals surface area contributed by atoms with Gasteiger partial charge in [-0.2, -0.15) is 0 Å². The van der Waals surface area contributed by atoms with Gasteiger partial charge in [0.25, 0.3) is 0 Å². The predicted molar refractivity (Wildman–Crippen MR) is 90.1 cm³/mol. The minimum atomic E-state index is 0.372. The number of halogens is 1. The summed E-state index contributed by atoms with van der Waals surface area (Å²) < 4.78 is 2.81. The summed E-state index contributed by atoms with van der Waals surface area (Å²) in [6.07, 6.45) is 9.56. The summed E-state index contributed by atoms with van der Waals surface area (Å²) in [4.78, 5) is 0. The van der Waals surface area contributed by atoms with E-state index in [1.54, 1.807) is 0 Å². The summed E-state index contributed by atoms with van der Waals surface area (Å²) in [5.74, 6) is 1.66. The average molecular weight is 357 g/mol. The van der Waals surface area contributed by atoms with Crippen LogP contribution in [0.2, 0.25) is 0 Å². The second-order valence-electron chi connectivity index (χ2n) is 6.35. The Morgan fingerprint density at radius 2 is 2.00 bits per heavy atom.